The topological polar surface area (TPSA) is 50.3 Å². The van der Waals surface area contributed by atoms with Crippen LogP contribution in [0.25, 0.3) is 0 Å². The van der Waals surface area contributed by atoms with Gasteiger partial charge in [0, 0.05) is 38.7 Å². The Hall–Kier alpha value is -1.36. The molecule has 0 aromatic carbocycles. The van der Waals surface area contributed by atoms with Gasteiger partial charge in [-0.3, -0.25) is 0 Å². The van der Waals surface area contributed by atoms with Gasteiger partial charge in [-0.2, -0.15) is 0 Å². The van der Waals surface area contributed by atoms with Crippen molar-refractivity contribution in [3.05, 3.63) is 11.9 Å². The standard InChI is InChI=1S/C13H22N4O/c1-3-11-15-12(14-4-2)10-13(16-11)17-6-5-8-18-9-7-17/h10H,3-9H2,1-2H3,(H,14,15,16). The predicted molar refractivity (Wildman–Crippen MR) is 73.2 cm³/mol. The first-order valence-corrected chi connectivity index (χ1v) is 6.78. The summed E-state index contributed by atoms with van der Waals surface area (Å²) in [5, 5.41) is 3.27. The largest absolute Gasteiger partial charge is 0.380 e. The van der Waals surface area contributed by atoms with E-state index in [1.165, 1.54) is 0 Å². The fraction of sp³-hybridized carbons (Fsp3) is 0.692. The van der Waals surface area contributed by atoms with Crippen LogP contribution in [-0.4, -0.2) is 42.8 Å². The van der Waals surface area contributed by atoms with Crippen LogP contribution in [0.4, 0.5) is 11.6 Å². The van der Waals surface area contributed by atoms with Gasteiger partial charge < -0.3 is 15.0 Å². The number of anilines is 2. The van der Waals surface area contributed by atoms with E-state index in [0.29, 0.717) is 0 Å². The van der Waals surface area contributed by atoms with Crippen molar-refractivity contribution in [2.75, 3.05) is 43.1 Å². The summed E-state index contributed by atoms with van der Waals surface area (Å²) in [5.41, 5.74) is 0. The quantitative estimate of drug-likeness (QED) is 0.881. The number of hydrogen-bond acceptors (Lipinski definition) is 5. The van der Waals surface area contributed by atoms with Crippen molar-refractivity contribution in [2.45, 2.75) is 26.7 Å². The van der Waals surface area contributed by atoms with Crippen molar-refractivity contribution >= 4 is 11.6 Å². The van der Waals surface area contributed by atoms with E-state index in [-0.39, 0.29) is 0 Å². The van der Waals surface area contributed by atoms with E-state index < -0.39 is 0 Å². The summed E-state index contributed by atoms with van der Waals surface area (Å²) >= 11 is 0. The van der Waals surface area contributed by atoms with Crippen LogP contribution in [0.1, 0.15) is 26.1 Å². The second kappa shape index (κ2) is 6.54. The van der Waals surface area contributed by atoms with Gasteiger partial charge in [-0.1, -0.05) is 6.92 Å². The number of rotatable bonds is 4. The van der Waals surface area contributed by atoms with Crippen molar-refractivity contribution < 1.29 is 4.74 Å². The smallest absolute Gasteiger partial charge is 0.134 e. The van der Waals surface area contributed by atoms with Crippen LogP contribution < -0.4 is 10.2 Å². The lowest BCUT2D eigenvalue weighted by Crippen LogP contribution is -2.27. The maximum Gasteiger partial charge on any atom is 0.134 e. The summed E-state index contributed by atoms with van der Waals surface area (Å²) in [6, 6.07) is 2.04. The van der Waals surface area contributed by atoms with E-state index >= 15 is 0 Å². The van der Waals surface area contributed by atoms with E-state index in [1.807, 2.05) is 6.07 Å². The molecule has 5 heteroatoms. The van der Waals surface area contributed by atoms with Crippen molar-refractivity contribution in [3.8, 4) is 0 Å². The van der Waals surface area contributed by atoms with Gasteiger partial charge in [-0.15, -0.1) is 0 Å². The van der Waals surface area contributed by atoms with Crippen LogP contribution in [0.3, 0.4) is 0 Å². The zero-order valence-corrected chi connectivity index (χ0v) is 11.3. The lowest BCUT2D eigenvalue weighted by atomic mass is 10.3. The maximum atomic E-state index is 5.48. The fourth-order valence-electron chi connectivity index (χ4n) is 2.05. The van der Waals surface area contributed by atoms with E-state index in [9.17, 15) is 0 Å². The molecule has 0 radical (unpaired) electrons. The molecule has 0 spiro atoms. The molecule has 1 aliphatic heterocycles. The number of ether oxygens (including phenoxy) is 1. The third-order valence-corrected chi connectivity index (χ3v) is 2.98. The first kappa shape index (κ1) is 13.1. The summed E-state index contributed by atoms with van der Waals surface area (Å²) < 4.78 is 5.48. The Morgan fingerprint density at radius 1 is 1.28 bits per heavy atom. The molecule has 1 aromatic rings. The zero-order valence-electron chi connectivity index (χ0n) is 11.3. The third-order valence-electron chi connectivity index (χ3n) is 2.98. The minimum atomic E-state index is 0.780. The van der Waals surface area contributed by atoms with Gasteiger partial charge in [-0.25, -0.2) is 9.97 Å². The van der Waals surface area contributed by atoms with Crippen molar-refractivity contribution in [1.29, 1.82) is 0 Å². The van der Waals surface area contributed by atoms with Crippen LogP contribution in [0.2, 0.25) is 0 Å². The van der Waals surface area contributed by atoms with Gasteiger partial charge in [0.1, 0.15) is 17.5 Å². The van der Waals surface area contributed by atoms with Crippen LogP contribution >= 0.6 is 0 Å². The van der Waals surface area contributed by atoms with Gasteiger partial charge in [0.25, 0.3) is 0 Å². The molecule has 0 bridgehead atoms. The monoisotopic (exact) mass is 250 g/mol. The number of aromatic nitrogens is 2. The Balaban J connectivity index is 2.21. The summed E-state index contributed by atoms with van der Waals surface area (Å²) in [6.45, 7) is 8.58. The van der Waals surface area contributed by atoms with E-state index in [2.05, 4.69) is 34.0 Å². The van der Waals surface area contributed by atoms with Gasteiger partial charge >= 0.3 is 0 Å². The third kappa shape index (κ3) is 3.32. The van der Waals surface area contributed by atoms with Crippen LogP contribution in [0.15, 0.2) is 6.07 Å². The lowest BCUT2D eigenvalue weighted by molar-refractivity contribution is 0.152. The highest BCUT2D eigenvalue weighted by Gasteiger charge is 2.13. The predicted octanol–water partition coefficient (Wildman–Crippen LogP) is 1.70. The Kier molecular flexibility index (Phi) is 4.75. The second-order valence-electron chi connectivity index (χ2n) is 4.36. The highest BCUT2D eigenvalue weighted by molar-refractivity contribution is 5.49. The Labute approximate surface area is 109 Å². The van der Waals surface area contributed by atoms with Crippen LogP contribution in [0, 0.1) is 0 Å². The van der Waals surface area contributed by atoms with E-state index in [1.54, 1.807) is 0 Å². The number of nitrogens with one attached hydrogen (secondary N) is 1. The fourth-order valence-corrected chi connectivity index (χ4v) is 2.05. The first-order chi connectivity index (χ1) is 8.83. The SMILES string of the molecule is CCNc1cc(N2CCCOCC2)nc(CC)n1. The van der Waals surface area contributed by atoms with Crippen molar-refractivity contribution in [2.24, 2.45) is 0 Å². The first-order valence-electron chi connectivity index (χ1n) is 6.78. The molecule has 0 unspecified atom stereocenters. The molecule has 5 nitrogen and oxygen atoms in total. The van der Waals surface area contributed by atoms with E-state index in [4.69, 9.17) is 4.74 Å². The molecular weight excluding hydrogens is 228 g/mol. The van der Waals surface area contributed by atoms with Crippen LogP contribution in [-0.2, 0) is 11.2 Å². The van der Waals surface area contributed by atoms with Crippen LogP contribution in [0.5, 0.6) is 0 Å². The molecule has 1 saturated heterocycles. The summed E-state index contributed by atoms with van der Waals surface area (Å²) in [4.78, 5) is 11.4. The molecule has 2 heterocycles. The molecule has 1 fully saturated rings. The zero-order chi connectivity index (χ0) is 12.8. The second-order valence-corrected chi connectivity index (χ2v) is 4.36. The molecule has 100 valence electrons. The molecule has 0 aliphatic carbocycles. The van der Waals surface area contributed by atoms with Gasteiger partial charge in [0.15, 0.2) is 0 Å². The Morgan fingerprint density at radius 3 is 2.94 bits per heavy atom. The maximum absolute atomic E-state index is 5.48. The summed E-state index contributed by atoms with van der Waals surface area (Å²) in [6.07, 6.45) is 1.92. The van der Waals surface area contributed by atoms with Crippen molar-refractivity contribution in [3.63, 3.8) is 0 Å². The highest BCUT2D eigenvalue weighted by Crippen LogP contribution is 2.17. The molecule has 0 atom stereocenters. The van der Waals surface area contributed by atoms with Crippen molar-refractivity contribution in [1.82, 2.24) is 9.97 Å². The number of nitrogens with zero attached hydrogens (tertiary/aromatic N) is 3. The summed E-state index contributed by atoms with van der Waals surface area (Å²) in [5.74, 6) is 2.83. The Bertz CT molecular complexity index is 375. The molecule has 0 saturated carbocycles. The number of hydrogen-bond donors (Lipinski definition) is 1. The molecular formula is C13H22N4O. The minimum absolute atomic E-state index is 0.780. The molecule has 2 rings (SSSR count). The Morgan fingerprint density at radius 2 is 2.17 bits per heavy atom. The minimum Gasteiger partial charge on any atom is -0.380 e. The molecule has 1 N–H and O–H groups in total. The normalized spacial score (nSPS) is 16.4. The average Bonchev–Trinajstić information content (AvgIpc) is 2.67. The van der Waals surface area contributed by atoms with Gasteiger partial charge in [0.05, 0.1) is 6.61 Å². The summed E-state index contributed by atoms with van der Waals surface area (Å²) in [7, 11) is 0. The van der Waals surface area contributed by atoms with Gasteiger partial charge in [0.2, 0.25) is 0 Å². The molecule has 0 amide bonds. The molecule has 1 aliphatic rings. The molecule has 18 heavy (non-hydrogen) atoms. The lowest BCUT2D eigenvalue weighted by Gasteiger charge is -2.21. The molecule has 1 aromatic heterocycles. The average molecular weight is 250 g/mol. The highest BCUT2D eigenvalue weighted by atomic mass is 16.5. The van der Waals surface area contributed by atoms with E-state index in [0.717, 1.165) is 63.1 Å². The van der Waals surface area contributed by atoms with Gasteiger partial charge in [-0.05, 0) is 13.3 Å². The number of aryl methyl sites for hydroxylation is 1.